The first-order valence-corrected chi connectivity index (χ1v) is 7.61. The minimum absolute atomic E-state index is 0.138. The van der Waals surface area contributed by atoms with Gasteiger partial charge >= 0.3 is 0 Å². The van der Waals surface area contributed by atoms with Crippen LogP contribution < -0.4 is 0 Å². The molecule has 0 N–H and O–H groups in total. The molecule has 0 radical (unpaired) electrons. The van der Waals surface area contributed by atoms with Gasteiger partial charge < -0.3 is 9.64 Å². The molecule has 0 aliphatic heterocycles. The van der Waals surface area contributed by atoms with Crippen molar-refractivity contribution in [3.63, 3.8) is 0 Å². The van der Waals surface area contributed by atoms with Crippen molar-refractivity contribution in [2.45, 2.75) is 50.5 Å². The third-order valence-corrected chi connectivity index (χ3v) is 4.28. The van der Waals surface area contributed by atoms with E-state index in [1.165, 1.54) is 19.3 Å². The zero-order valence-corrected chi connectivity index (χ0v) is 12.6. The molecule has 1 fully saturated rings. The molecule has 1 amide bonds. The summed E-state index contributed by atoms with van der Waals surface area (Å²) in [6.45, 7) is 0.867. The van der Waals surface area contributed by atoms with E-state index in [4.69, 9.17) is 4.74 Å². The molecule has 0 aromatic carbocycles. The molecule has 0 spiro atoms. The van der Waals surface area contributed by atoms with E-state index in [1.807, 2.05) is 11.9 Å². The van der Waals surface area contributed by atoms with E-state index in [0.717, 1.165) is 31.1 Å². The van der Waals surface area contributed by atoms with Gasteiger partial charge in [0.1, 0.15) is 0 Å². The van der Waals surface area contributed by atoms with Gasteiger partial charge in [-0.1, -0.05) is 22.4 Å². The van der Waals surface area contributed by atoms with E-state index in [2.05, 4.69) is 15.9 Å². The number of unbranched alkanes of at least 4 members (excludes halogenated alkanes) is 2. The second kappa shape index (κ2) is 7.37. The van der Waals surface area contributed by atoms with Crippen LogP contribution in [0.3, 0.4) is 0 Å². The molecule has 1 aliphatic carbocycles. The first-order chi connectivity index (χ1) is 8.13. The monoisotopic (exact) mass is 305 g/mol. The zero-order valence-electron chi connectivity index (χ0n) is 11.0. The number of amides is 1. The van der Waals surface area contributed by atoms with Gasteiger partial charge in [0.15, 0.2) is 0 Å². The summed E-state index contributed by atoms with van der Waals surface area (Å²) in [6.07, 6.45) is 7.27. The third-order valence-electron chi connectivity index (χ3n) is 3.72. The highest BCUT2D eigenvalue weighted by molar-refractivity contribution is 9.09. The second-order valence-electron chi connectivity index (χ2n) is 4.98. The summed E-state index contributed by atoms with van der Waals surface area (Å²) in [5, 5.41) is 1.05. The van der Waals surface area contributed by atoms with Gasteiger partial charge in [-0.25, -0.2) is 0 Å². The summed E-state index contributed by atoms with van der Waals surface area (Å²) in [4.78, 5) is 13.9. The lowest BCUT2D eigenvalue weighted by Crippen LogP contribution is -2.44. The maximum atomic E-state index is 12.0. The summed E-state index contributed by atoms with van der Waals surface area (Å²) in [5.74, 6) is 0.227. The van der Waals surface area contributed by atoms with Gasteiger partial charge in [-0.05, 0) is 32.1 Å². The smallest absolute Gasteiger partial charge is 0.225 e. The number of hydrogen-bond acceptors (Lipinski definition) is 2. The van der Waals surface area contributed by atoms with E-state index in [9.17, 15) is 4.79 Å². The lowest BCUT2D eigenvalue weighted by atomic mass is 9.77. The van der Waals surface area contributed by atoms with Gasteiger partial charge in [0.2, 0.25) is 5.91 Å². The van der Waals surface area contributed by atoms with Gasteiger partial charge in [0.05, 0.1) is 12.0 Å². The van der Waals surface area contributed by atoms with Gasteiger partial charge in [-0.15, -0.1) is 0 Å². The number of nitrogens with zero attached hydrogens (tertiary/aromatic N) is 1. The number of carbonyl (C=O) groups is 1. The predicted molar refractivity (Wildman–Crippen MR) is 73.5 cm³/mol. The largest absolute Gasteiger partial charge is 0.378 e. The maximum Gasteiger partial charge on any atom is 0.225 e. The minimum atomic E-state index is -0.138. The average molecular weight is 306 g/mol. The minimum Gasteiger partial charge on any atom is -0.378 e. The zero-order chi connectivity index (χ0) is 12.7. The Morgan fingerprint density at radius 3 is 2.53 bits per heavy atom. The van der Waals surface area contributed by atoms with Crippen LogP contribution in [0.1, 0.15) is 44.9 Å². The van der Waals surface area contributed by atoms with Gasteiger partial charge in [0, 0.05) is 26.0 Å². The van der Waals surface area contributed by atoms with Gasteiger partial charge in [-0.2, -0.15) is 0 Å². The molecule has 0 saturated heterocycles. The summed E-state index contributed by atoms with van der Waals surface area (Å²) in [5.41, 5.74) is -0.138. The van der Waals surface area contributed by atoms with Crippen LogP contribution in [-0.4, -0.2) is 42.4 Å². The van der Waals surface area contributed by atoms with Gasteiger partial charge in [0.25, 0.3) is 0 Å². The Balaban J connectivity index is 2.22. The molecule has 0 aromatic heterocycles. The van der Waals surface area contributed by atoms with Crippen molar-refractivity contribution < 1.29 is 9.53 Å². The lowest BCUT2D eigenvalue weighted by Gasteiger charge is -2.40. The normalized spacial score (nSPS) is 17.6. The van der Waals surface area contributed by atoms with Crippen molar-refractivity contribution in [1.29, 1.82) is 0 Å². The number of alkyl halides is 1. The van der Waals surface area contributed by atoms with E-state index in [1.54, 1.807) is 7.11 Å². The molecule has 4 heteroatoms. The molecule has 0 heterocycles. The van der Waals surface area contributed by atoms with Crippen molar-refractivity contribution in [1.82, 2.24) is 4.90 Å². The number of methoxy groups -OCH3 is 1. The quantitative estimate of drug-likeness (QED) is 0.510. The van der Waals surface area contributed by atoms with E-state index < -0.39 is 0 Å². The summed E-state index contributed by atoms with van der Waals surface area (Å²) < 4.78 is 5.48. The van der Waals surface area contributed by atoms with Crippen LogP contribution in [0.2, 0.25) is 0 Å². The van der Waals surface area contributed by atoms with Crippen LogP contribution >= 0.6 is 15.9 Å². The number of carbonyl (C=O) groups excluding carboxylic acids is 1. The van der Waals surface area contributed by atoms with Crippen LogP contribution in [0, 0.1) is 0 Å². The number of ether oxygens (including phenoxy) is 1. The Bertz CT molecular complexity index is 236. The Kier molecular flexibility index (Phi) is 6.49. The summed E-state index contributed by atoms with van der Waals surface area (Å²) in [6, 6.07) is 0. The van der Waals surface area contributed by atoms with Crippen molar-refractivity contribution in [3.8, 4) is 0 Å². The molecular formula is C13H24BrNO2. The average Bonchev–Trinajstić information content (AvgIpc) is 2.28. The number of rotatable bonds is 8. The Morgan fingerprint density at radius 1 is 1.35 bits per heavy atom. The van der Waals surface area contributed by atoms with E-state index >= 15 is 0 Å². The van der Waals surface area contributed by atoms with Crippen LogP contribution in [-0.2, 0) is 9.53 Å². The SMILES string of the molecule is COC1(CC(=O)N(C)CCCCCBr)CCC1. The van der Waals surface area contributed by atoms with Gasteiger partial charge in [-0.3, -0.25) is 4.79 Å². The van der Waals surface area contributed by atoms with Crippen LogP contribution in [0.4, 0.5) is 0 Å². The third kappa shape index (κ3) is 4.59. The topological polar surface area (TPSA) is 29.5 Å². The van der Waals surface area contributed by atoms with E-state index in [0.29, 0.717) is 6.42 Å². The molecule has 3 nitrogen and oxygen atoms in total. The molecule has 0 atom stereocenters. The lowest BCUT2D eigenvalue weighted by molar-refractivity contribution is -0.142. The van der Waals surface area contributed by atoms with Crippen molar-refractivity contribution in [2.24, 2.45) is 0 Å². The second-order valence-corrected chi connectivity index (χ2v) is 5.78. The first-order valence-electron chi connectivity index (χ1n) is 6.49. The highest BCUT2D eigenvalue weighted by atomic mass is 79.9. The fourth-order valence-corrected chi connectivity index (χ4v) is 2.58. The fraction of sp³-hybridized carbons (Fsp3) is 0.923. The maximum absolute atomic E-state index is 12.0. The molecule has 0 bridgehead atoms. The van der Waals surface area contributed by atoms with Crippen molar-refractivity contribution >= 4 is 21.8 Å². The molecule has 1 aliphatic rings. The molecule has 0 unspecified atom stereocenters. The highest BCUT2D eigenvalue weighted by Gasteiger charge is 2.39. The summed E-state index contributed by atoms with van der Waals surface area (Å²) >= 11 is 3.41. The molecular weight excluding hydrogens is 282 g/mol. The Hall–Kier alpha value is -0.0900. The molecule has 0 aromatic rings. The summed E-state index contributed by atoms with van der Waals surface area (Å²) in [7, 11) is 3.63. The molecule has 100 valence electrons. The Morgan fingerprint density at radius 2 is 2.06 bits per heavy atom. The number of halogens is 1. The number of hydrogen-bond donors (Lipinski definition) is 0. The molecule has 1 rings (SSSR count). The molecule has 1 saturated carbocycles. The van der Waals surface area contributed by atoms with E-state index in [-0.39, 0.29) is 11.5 Å². The Labute approximate surface area is 113 Å². The standard InChI is InChI=1S/C13H24BrNO2/c1-15(10-5-3-4-9-14)12(16)11-13(17-2)7-6-8-13/h3-11H2,1-2H3. The van der Waals surface area contributed by atoms with Crippen molar-refractivity contribution in [2.75, 3.05) is 26.0 Å². The first kappa shape index (κ1) is 15.0. The van der Waals surface area contributed by atoms with Crippen molar-refractivity contribution in [3.05, 3.63) is 0 Å². The molecule has 17 heavy (non-hydrogen) atoms. The fourth-order valence-electron chi connectivity index (χ4n) is 2.18. The van der Waals surface area contributed by atoms with Crippen LogP contribution in [0.5, 0.6) is 0 Å². The van der Waals surface area contributed by atoms with Crippen LogP contribution in [0.15, 0.2) is 0 Å². The predicted octanol–water partition coefficient (Wildman–Crippen LogP) is 2.97. The van der Waals surface area contributed by atoms with Crippen LogP contribution in [0.25, 0.3) is 0 Å². The highest BCUT2D eigenvalue weighted by Crippen LogP contribution is 2.38.